The molecule has 0 aliphatic rings. The van der Waals surface area contributed by atoms with Gasteiger partial charge in [0.15, 0.2) is 11.5 Å². The van der Waals surface area contributed by atoms with Crippen molar-refractivity contribution in [2.75, 3.05) is 0 Å². The summed E-state index contributed by atoms with van der Waals surface area (Å²) >= 11 is 5.85. The highest BCUT2D eigenvalue weighted by Crippen LogP contribution is 2.21. The zero-order chi connectivity index (χ0) is 12.7. The monoisotopic (exact) mass is 262 g/mol. The third-order valence-corrected chi connectivity index (χ3v) is 2.80. The second kappa shape index (κ2) is 4.03. The Morgan fingerprint density at radius 2 is 2.06 bits per heavy atom. The summed E-state index contributed by atoms with van der Waals surface area (Å²) in [4.78, 5) is 4.14. The molecule has 0 saturated carbocycles. The molecule has 0 amide bonds. The van der Waals surface area contributed by atoms with Gasteiger partial charge in [-0.2, -0.15) is 0 Å². The Bertz CT molecular complexity index is 738. The number of hydrogen-bond acceptors (Lipinski definition) is 3. The predicted octanol–water partition coefficient (Wildman–Crippen LogP) is 2.89. The third-order valence-electron chi connectivity index (χ3n) is 2.61. The highest BCUT2D eigenvalue weighted by molar-refractivity contribution is 6.29. The number of rotatable bonds is 1. The Morgan fingerprint density at radius 1 is 1.22 bits per heavy atom. The molecule has 0 aliphatic heterocycles. The lowest BCUT2D eigenvalue weighted by Crippen LogP contribution is -1.98. The zero-order valence-corrected chi connectivity index (χ0v) is 10.2. The molecule has 0 unspecified atom stereocenters. The van der Waals surface area contributed by atoms with Crippen molar-refractivity contribution in [3.05, 3.63) is 47.1 Å². The number of nitrogens with zero attached hydrogens (tertiary/aromatic N) is 4. The van der Waals surface area contributed by atoms with Crippen LogP contribution in [0.2, 0.25) is 5.15 Å². The molecule has 0 saturated heterocycles. The van der Waals surface area contributed by atoms with Crippen molar-refractivity contribution in [2.45, 2.75) is 6.92 Å². The molecule has 18 heavy (non-hydrogen) atoms. The first kappa shape index (κ1) is 11.1. The van der Waals surface area contributed by atoms with Gasteiger partial charge in [-0.05, 0) is 19.1 Å². The fourth-order valence-electron chi connectivity index (χ4n) is 1.87. The van der Waals surface area contributed by atoms with Crippen molar-refractivity contribution in [1.29, 1.82) is 0 Å². The van der Waals surface area contributed by atoms with Gasteiger partial charge in [-0.15, -0.1) is 10.2 Å². The molecule has 0 spiro atoms. The van der Waals surface area contributed by atoms with E-state index >= 15 is 0 Å². The molecule has 0 bridgehead atoms. The predicted molar refractivity (Wildman–Crippen MR) is 65.9 cm³/mol. The smallest absolute Gasteiger partial charge is 0.169 e. The van der Waals surface area contributed by atoms with E-state index in [4.69, 9.17) is 11.6 Å². The normalized spacial score (nSPS) is 11.1. The molecular formula is C12H8ClFN4. The minimum Gasteiger partial charge on any atom is -0.263 e. The van der Waals surface area contributed by atoms with E-state index in [1.165, 1.54) is 12.1 Å². The number of halogens is 2. The molecule has 3 aromatic rings. The topological polar surface area (TPSA) is 43.1 Å². The van der Waals surface area contributed by atoms with Crippen LogP contribution in [0.5, 0.6) is 0 Å². The van der Waals surface area contributed by atoms with E-state index in [1.54, 1.807) is 29.5 Å². The molecule has 90 valence electrons. The van der Waals surface area contributed by atoms with Crippen LogP contribution in [0.4, 0.5) is 4.39 Å². The van der Waals surface area contributed by atoms with E-state index in [0.29, 0.717) is 28.0 Å². The Kier molecular flexibility index (Phi) is 2.48. The SMILES string of the molecule is Cc1nc(Cl)cc2nnc(-c3cccc(F)c3)n12. The summed E-state index contributed by atoms with van der Waals surface area (Å²) in [7, 11) is 0. The minimum atomic E-state index is -0.316. The van der Waals surface area contributed by atoms with Crippen LogP contribution in [0.25, 0.3) is 17.0 Å². The molecule has 2 heterocycles. The quantitative estimate of drug-likeness (QED) is 0.634. The maximum absolute atomic E-state index is 13.2. The van der Waals surface area contributed by atoms with Crippen LogP contribution in [-0.4, -0.2) is 19.6 Å². The Labute approximate surface area is 107 Å². The van der Waals surface area contributed by atoms with Crippen LogP contribution in [0.3, 0.4) is 0 Å². The molecule has 3 rings (SSSR count). The van der Waals surface area contributed by atoms with Crippen molar-refractivity contribution in [2.24, 2.45) is 0 Å². The molecule has 0 fully saturated rings. The molecule has 0 radical (unpaired) electrons. The second-order valence-electron chi connectivity index (χ2n) is 3.85. The van der Waals surface area contributed by atoms with Gasteiger partial charge in [-0.1, -0.05) is 23.7 Å². The van der Waals surface area contributed by atoms with Gasteiger partial charge in [0.25, 0.3) is 0 Å². The van der Waals surface area contributed by atoms with Crippen molar-refractivity contribution < 1.29 is 4.39 Å². The van der Waals surface area contributed by atoms with Gasteiger partial charge >= 0.3 is 0 Å². The number of aromatic nitrogens is 4. The standard InChI is InChI=1S/C12H8ClFN4/c1-7-15-10(13)6-11-16-17-12(18(7)11)8-3-2-4-9(14)5-8/h2-6H,1H3. The number of fused-ring (bicyclic) bond motifs is 1. The molecule has 4 nitrogen and oxygen atoms in total. The van der Waals surface area contributed by atoms with Gasteiger partial charge in [0.2, 0.25) is 0 Å². The number of hydrogen-bond donors (Lipinski definition) is 0. The zero-order valence-electron chi connectivity index (χ0n) is 9.43. The van der Waals surface area contributed by atoms with E-state index < -0.39 is 0 Å². The van der Waals surface area contributed by atoms with Gasteiger partial charge in [0.1, 0.15) is 16.8 Å². The molecule has 0 aliphatic carbocycles. The van der Waals surface area contributed by atoms with Crippen LogP contribution in [0.1, 0.15) is 5.82 Å². The Hall–Kier alpha value is -2.01. The van der Waals surface area contributed by atoms with Crippen molar-refractivity contribution in [3.8, 4) is 11.4 Å². The van der Waals surface area contributed by atoms with Crippen LogP contribution in [0.15, 0.2) is 30.3 Å². The summed E-state index contributed by atoms with van der Waals surface area (Å²) in [6.45, 7) is 1.80. The second-order valence-corrected chi connectivity index (χ2v) is 4.24. The lowest BCUT2D eigenvalue weighted by atomic mass is 10.2. The lowest BCUT2D eigenvalue weighted by Gasteiger charge is -2.03. The van der Waals surface area contributed by atoms with Crippen LogP contribution in [0, 0.1) is 12.7 Å². The van der Waals surface area contributed by atoms with E-state index in [1.807, 2.05) is 0 Å². The molecule has 2 aromatic heterocycles. The first-order valence-electron chi connectivity index (χ1n) is 5.29. The Balaban J connectivity index is 2.31. The first-order chi connectivity index (χ1) is 8.65. The molecule has 6 heteroatoms. The number of benzene rings is 1. The first-order valence-corrected chi connectivity index (χ1v) is 5.67. The van der Waals surface area contributed by atoms with E-state index in [-0.39, 0.29) is 5.82 Å². The van der Waals surface area contributed by atoms with Crippen LogP contribution in [-0.2, 0) is 0 Å². The summed E-state index contributed by atoms with van der Waals surface area (Å²) in [6, 6.07) is 7.81. The van der Waals surface area contributed by atoms with Crippen LogP contribution >= 0.6 is 11.6 Å². The van der Waals surface area contributed by atoms with Gasteiger partial charge in [0.05, 0.1) is 0 Å². The van der Waals surface area contributed by atoms with E-state index in [9.17, 15) is 4.39 Å². The van der Waals surface area contributed by atoms with Gasteiger partial charge in [0, 0.05) is 11.6 Å². The summed E-state index contributed by atoms with van der Waals surface area (Å²) in [5.41, 5.74) is 1.24. The van der Waals surface area contributed by atoms with Gasteiger partial charge in [-0.3, -0.25) is 4.40 Å². The highest BCUT2D eigenvalue weighted by Gasteiger charge is 2.12. The number of aryl methyl sites for hydroxylation is 1. The Morgan fingerprint density at radius 3 is 2.83 bits per heavy atom. The summed E-state index contributed by atoms with van der Waals surface area (Å²) in [5.74, 6) is 0.886. The molecule has 1 aromatic carbocycles. The maximum atomic E-state index is 13.2. The van der Waals surface area contributed by atoms with Crippen molar-refractivity contribution in [1.82, 2.24) is 19.6 Å². The minimum absolute atomic E-state index is 0.316. The van der Waals surface area contributed by atoms with E-state index in [0.717, 1.165) is 0 Å². The van der Waals surface area contributed by atoms with E-state index in [2.05, 4.69) is 15.2 Å². The fourth-order valence-corrected chi connectivity index (χ4v) is 2.09. The van der Waals surface area contributed by atoms with Crippen molar-refractivity contribution in [3.63, 3.8) is 0 Å². The molecular weight excluding hydrogens is 255 g/mol. The van der Waals surface area contributed by atoms with Gasteiger partial charge in [-0.25, -0.2) is 9.37 Å². The lowest BCUT2D eigenvalue weighted by molar-refractivity contribution is 0.628. The largest absolute Gasteiger partial charge is 0.263 e. The molecule has 0 atom stereocenters. The maximum Gasteiger partial charge on any atom is 0.169 e. The summed E-state index contributed by atoms with van der Waals surface area (Å²) < 4.78 is 15.0. The third kappa shape index (κ3) is 1.73. The van der Waals surface area contributed by atoms with Crippen LogP contribution < -0.4 is 0 Å². The fraction of sp³-hybridized carbons (Fsp3) is 0.0833. The average molecular weight is 263 g/mol. The summed E-state index contributed by atoms with van der Waals surface area (Å²) in [6.07, 6.45) is 0. The molecule has 0 N–H and O–H groups in total. The van der Waals surface area contributed by atoms with Crippen molar-refractivity contribution >= 4 is 17.2 Å². The summed E-state index contributed by atoms with van der Waals surface area (Å²) in [5, 5.41) is 8.43. The highest BCUT2D eigenvalue weighted by atomic mass is 35.5. The van der Waals surface area contributed by atoms with Gasteiger partial charge < -0.3 is 0 Å². The average Bonchev–Trinajstić information content (AvgIpc) is 2.72.